The molecule has 1 unspecified atom stereocenters. The Kier molecular flexibility index (Phi) is 6.13. The van der Waals surface area contributed by atoms with Crippen LogP contribution in [0, 0.1) is 0 Å². The summed E-state index contributed by atoms with van der Waals surface area (Å²) in [7, 11) is 0. The van der Waals surface area contributed by atoms with E-state index in [9.17, 15) is 4.79 Å². The first-order valence-electron chi connectivity index (χ1n) is 7.28. The summed E-state index contributed by atoms with van der Waals surface area (Å²) in [4.78, 5) is 11.9. The predicted molar refractivity (Wildman–Crippen MR) is 84.9 cm³/mol. The largest absolute Gasteiger partial charge is 0.460 e. The first-order chi connectivity index (χ1) is 10.7. The van der Waals surface area contributed by atoms with Gasteiger partial charge in [0.2, 0.25) is 0 Å². The van der Waals surface area contributed by atoms with Crippen LogP contribution >= 0.6 is 0 Å². The number of ether oxygens (including phenoxy) is 2. The average molecular weight is 299 g/mol. The number of rotatable bonds is 7. The van der Waals surface area contributed by atoms with Crippen LogP contribution in [0.3, 0.4) is 0 Å². The summed E-state index contributed by atoms with van der Waals surface area (Å²) in [5, 5.41) is 0. The third-order valence-electron chi connectivity index (χ3n) is 3.36. The van der Waals surface area contributed by atoms with Crippen molar-refractivity contribution in [2.24, 2.45) is 5.73 Å². The molecule has 4 heteroatoms. The third-order valence-corrected chi connectivity index (χ3v) is 3.36. The van der Waals surface area contributed by atoms with E-state index in [0.717, 1.165) is 11.1 Å². The highest BCUT2D eigenvalue weighted by Crippen LogP contribution is 2.07. The number of esters is 1. The van der Waals surface area contributed by atoms with Crippen molar-refractivity contribution in [1.29, 1.82) is 0 Å². The monoisotopic (exact) mass is 299 g/mol. The fraction of sp³-hybridized carbons (Fsp3) is 0.278. The van der Waals surface area contributed by atoms with E-state index in [1.807, 2.05) is 60.7 Å². The second kappa shape index (κ2) is 8.32. The van der Waals surface area contributed by atoms with Crippen molar-refractivity contribution in [3.8, 4) is 0 Å². The Labute approximate surface area is 130 Å². The molecule has 0 heterocycles. The van der Waals surface area contributed by atoms with Gasteiger partial charge in [-0.05, 0) is 18.1 Å². The van der Waals surface area contributed by atoms with Gasteiger partial charge in [0.1, 0.15) is 12.6 Å². The van der Waals surface area contributed by atoms with Crippen LogP contribution in [-0.4, -0.2) is 18.1 Å². The van der Waals surface area contributed by atoms with E-state index in [2.05, 4.69) is 0 Å². The van der Waals surface area contributed by atoms with Crippen LogP contribution in [0.4, 0.5) is 0 Å². The van der Waals surface area contributed by atoms with E-state index in [-0.39, 0.29) is 6.61 Å². The van der Waals surface area contributed by atoms with Crippen molar-refractivity contribution in [2.75, 3.05) is 0 Å². The number of carbonyl (C=O) groups excluding carboxylic acids is 1. The van der Waals surface area contributed by atoms with Crippen LogP contribution in [0.2, 0.25) is 0 Å². The first-order valence-corrected chi connectivity index (χ1v) is 7.28. The molecule has 2 aromatic carbocycles. The molecule has 0 aromatic heterocycles. The average Bonchev–Trinajstić information content (AvgIpc) is 2.58. The van der Waals surface area contributed by atoms with Gasteiger partial charge in [0, 0.05) is 0 Å². The molecule has 2 atom stereocenters. The number of carbonyl (C=O) groups is 1. The Bertz CT molecular complexity index is 571. The van der Waals surface area contributed by atoms with Crippen molar-refractivity contribution in [1.82, 2.24) is 0 Å². The van der Waals surface area contributed by atoms with E-state index in [1.54, 1.807) is 6.92 Å². The van der Waals surface area contributed by atoms with Crippen LogP contribution in [0.5, 0.6) is 0 Å². The Morgan fingerprint density at radius 3 is 2.00 bits per heavy atom. The summed E-state index contributed by atoms with van der Waals surface area (Å²) in [6.45, 7) is 2.41. The minimum atomic E-state index is -0.799. The van der Waals surface area contributed by atoms with Crippen LogP contribution in [0.25, 0.3) is 0 Å². The summed E-state index contributed by atoms with van der Waals surface area (Å²) in [5.74, 6) is -0.454. The van der Waals surface area contributed by atoms with Gasteiger partial charge in [-0.25, -0.2) is 0 Å². The van der Waals surface area contributed by atoms with Crippen LogP contribution in [0.15, 0.2) is 60.7 Å². The molecule has 2 rings (SSSR count). The highest BCUT2D eigenvalue weighted by Gasteiger charge is 2.23. The second-order valence-electron chi connectivity index (χ2n) is 5.12. The number of nitrogens with two attached hydrogens (primary N) is 1. The number of hydrogen-bond donors (Lipinski definition) is 1. The van der Waals surface area contributed by atoms with Crippen LogP contribution in [0.1, 0.15) is 18.1 Å². The van der Waals surface area contributed by atoms with Crippen LogP contribution in [-0.2, 0) is 27.5 Å². The molecule has 0 radical (unpaired) electrons. The molecular weight excluding hydrogens is 278 g/mol. The summed E-state index contributed by atoms with van der Waals surface area (Å²) in [6, 6.07) is 18.5. The standard InChI is InChI=1S/C18H21NO3/c1-14(21-12-15-8-4-2-5-9-15)17(19)18(20)22-13-16-10-6-3-7-11-16/h2-11,14,17H,12-13,19H2,1H3/t14-,17?/m1/s1. The maximum Gasteiger partial charge on any atom is 0.325 e. The Hall–Kier alpha value is -2.17. The maximum absolute atomic E-state index is 11.9. The molecule has 0 saturated heterocycles. The van der Waals surface area contributed by atoms with Gasteiger partial charge in [-0.3, -0.25) is 4.79 Å². The highest BCUT2D eigenvalue weighted by atomic mass is 16.5. The maximum atomic E-state index is 11.9. The summed E-state index contributed by atoms with van der Waals surface area (Å²) in [5.41, 5.74) is 7.86. The van der Waals surface area contributed by atoms with E-state index in [0.29, 0.717) is 6.61 Å². The van der Waals surface area contributed by atoms with Crippen molar-refractivity contribution in [2.45, 2.75) is 32.3 Å². The SMILES string of the molecule is C[C@@H](OCc1ccccc1)C(N)C(=O)OCc1ccccc1. The molecular formula is C18H21NO3. The van der Waals surface area contributed by atoms with Crippen molar-refractivity contribution >= 4 is 5.97 Å². The highest BCUT2D eigenvalue weighted by molar-refractivity contribution is 5.76. The molecule has 4 nitrogen and oxygen atoms in total. The molecule has 0 fully saturated rings. The molecule has 22 heavy (non-hydrogen) atoms. The molecule has 0 amide bonds. The molecule has 2 aromatic rings. The lowest BCUT2D eigenvalue weighted by atomic mass is 10.2. The third kappa shape index (κ3) is 4.98. The molecule has 0 aliphatic heterocycles. The van der Waals surface area contributed by atoms with E-state index < -0.39 is 18.1 Å². The van der Waals surface area contributed by atoms with E-state index >= 15 is 0 Å². The van der Waals surface area contributed by atoms with Gasteiger partial charge in [-0.2, -0.15) is 0 Å². The van der Waals surface area contributed by atoms with Crippen molar-refractivity contribution in [3.05, 3.63) is 71.8 Å². The molecule has 0 spiro atoms. The van der Waals surface area contributed by atoms with Gasteiger partial charge in [0.05, 0.1) is 12.7 Å². The van der Waals surface area contributed by atoms with E-state index in [1.165, 1.54) is 0 Å². The zero-order valence-electron chi connectivity index (χ0n) is 12.6. The second-order valence-corrected chi connectivity index (χ2v) is 5.12. The topological polar surface area (TPSA) is 61.5 Å². The Morgan fingerprint density at radius 2 is 1.45 bits per heavy atom. The first kappa shape index (κ1) is 16.2. The van der Waals surface area contributed by atoms with E-state index in [4.69, 9.17) is 15.2 Å². The fourth-order valence-corrected chi connectivity index (χ4v) is 1.92. The fourth-order valence-electron chi connectivity index (χ4n) is 1.92. The minimum absolute atomic E-state index is 0.221. The smallest absolute Gasteiger partial charge is 0.325 e. The number of benzene rings is 2. The Balaban J connectivity index is 1.77. The lowest BCUT2D eigenvalue weighted by Crippen LogP contribution is -2.42. The quantitative estimate of drug-likeness (QED) is 0.798. The lowest BCUT2D eigenvalue weighted by Gasteiger charge is -2.19. The normalized spacial score (nSPS) is 13.4. The van der Waals surface area contributed by atoms with Crippen molar-refractivity contribution < 1.29 is 14.3 Å². The van der Waals surface area contributed by atoms with Gasteiger partial charge in [-0.15, -0.1) is 0 Å². The molecule has 0 saturated carbocycles. The van der Waals surface area contributed by atoms with Gasteiger partial charge >= 0.3 is 5.97 Å². The van der Waals surface area contributed by atoms with Crippen molar-refractivity contribution in [3.63, 3.8) is 0 Å². The molecule has 0 aliphatic rings. The molecule has 0 bridgehead atoms. The molecule has 116 valence electrons. The molecule has 2 N–H and O–H groups in total. The predicted octanol–water partition coefficient (Wildman–Crippen LogP) is 2.66. The van der Waals surface area contributed by atoms with Gasteiger partial charge in [0.15, 0.2) is 0 Å². The van der Waals surface area contributed by atoms with Crippen LogP contribution < -0.4 is 5.73 Å². The summed E-state index contributed by atoms with van der Waals surface area (Å²) < 4.78 is 10.9. The van der Waals surface area contributed by atoms with Gasteiger partial charge in [-0.1, -0.05) is 60.7 Å². The zero-order chi connectivity index (χ0) is 15.8. The molecule has 0 aliphatic carbocycles. The van der Waals surface area contributed by atoms with Gasteiger partial charge < -0.3 is 15.2 Å². The lowest BCUT2D eigenvalue weighted by molar-refractivity contribution is -0.150. The summed E-state index contributed by atoms with van der Waals surface area (Å²) in [6.07, 6.45) is -0.413. The minimum Gasteiger partial charge on any atom is -0.460 e. The zero-order valence-corrected chi connectivity index (χ0v) is 12.6. The Morgan fingerprint density at radius 1 is 0.955 bits per heavy atom. The summed E-state index contributed by atoms with van der Waals surface area (Å²) >= 11 is 0. The number of hydrogen-bond acceptors (Lipinski definition) is 4. The van der Waals surface area contributed by atoms with Gasteiger partial charge in [0.25, 0.3) is 0 Å².